The molecule has 3 aliphatic carbocycles. The SMILES string of the molecule is CNCC(C)CNC1C2C3CCC(C3)C12. The molecule has 3 aliphatic rings. The molecule has 5 unspecified atom stereocenters. The van der Waals surface area contributed by atoms with E-state index in [2.05, 4.69) is 17.6 Å². The standard InChI is InChI=1S/C13H24N2/c1-8(6-14-2)7-15-13-11-9-3-4-10(5-9)12(11)13/h8-15H,3-7H2,1-2H3. The molecule has 3 rings (SSSR count). The first-order valence-electron chi connectivity index (χ1n) is 6.69. The van der Waals surface area contributed by atoms with Gasteiger partial charge in [-0.15, -0.1) is 0 Å². The Labute approximate surface area is 93.2 Å². The van der Waals surface area contributed by atoms with Crippen molar-refractivity contribution >= 4 is 0 Å². The van der Waals surface area contributed by atoms with E-state index in [9.17, 15) is 0 Å². The van der Waals surface area contributed by atoms with Crippen LogP contribution >= 0.6 is 0 Å². The molecule has 0 aromatic heterocycles. The van der Waals surface area contributed by atoms with Crippen molar-refractivity contribution in [3.05, 3.63) is 0 Å². The monoisotopic (exact) mass is 208 g/mol. The molecule has 5 atom stereocenters. The van der Waals surface area contributed by atoms with Crippen LogP contribution < -0.4 is 10.6 Å². The fourth-order valence-corrected chi connectivity index (χ4v) is 4.36. The van der Waals surface area contributed by atoms with Gasteiger partial charge in [0.05, 0.1) is 0 Å². The Kier molecular flexibility index (Phi) is 2.52. The first kappa shape index (κ1) is 10.1. The summed E-state index contributed by atoms with van der Waals surface area (Å²) < 4.78 is 0. The summed E-state index contributed by atoms with van der Waals surface area (Å²) in [4.78, 5) is 0. The van der Waals surface area contributed by atoms with Crippen LogP contribution in [0.1, 0.15) is 26.2 Å². The summed E-state index contributed by atoms with van der Waals surface area (Å²) in [5.74, 6) is 5.17. The second-order valence-electron chi connectivity index (χ2n) is 6.08. The number of nitrogens with one attached hydrogen (secondary N) is 2. The highest BCUT2D eigenvalue weighted by molar-refractivity contribution is 5.16. The summed E-state index contributed by atoms with van der Waals surface area (Å²) in [5, 5.41) is 7.06. The number of rotatable bonds is 5. The summed E-state index contributed by atoms with van der Waals surface area (Å²) >= 11 is 0. The molecule has 0 aliphatic heterocycles. The van der Waals surface area contributed by atoms with Crippen molar-refractivity contribution in [3.8, 4) is 0 Å². The highest BCUT2D eigenvalue weighted by Crippen LogP contribution is 2.65. The highest BCUT2D eigenvalue weighted by Gasteiger charge is 2.64. The summed E-state index contributed by atoms with van der Waals surface area (Å²) in [6, 6.07) is 0.913. The largest absolute Gasteiger partial charge is 0.319 e. The van der Waals surface area contributed by atoms with Crippen LogP contribution in [-0.2, 0) is 0 Å². The summed E-state index contributed by atoms with van der Waals surface area (Å²) in [7, 11) is 2.04. The van der Waals surface area contributed by atoms with Crippen LogP contribution in [-0.4, -0.2) is 26.2 Å². The van der Waals surface area contributed by atoms with Crippen LogP contribution in [0.15, 0.2) is 0 Å². The van der Waals surface area contributed by atoms with Crippen molar-refractivity contribution in [2.24, 2.45) is 29.6 Å². The second-order valence-corrected chi connectivity index (χ2v) is 6.08. The minimum atomic E-state index is 0.772. The van der Waals surface area contributed by atoms with Gasteiger partial charge < -0.3 is 10.6 Å². The quantitative estimate of drug-likeness (QED) is 0.715. The zero-order valence-electron chi connectivity index (χ0n) is 10.00. The Morgan fingerprint density at radius 2 is 1.80 bits per heavy atom. The molecular formula is C13H24N2. The minimum absolute atomic E-state index is 0.772. The molecule has 2 N–H and O–H groups in total. The van der Waals surface area contributed by atoms with E-state index in [0.29, 0.717) is 0 Å². The van der Waals surface area contributed by atoms with Crippen LogP contribution in [0.4, 0.5) is 0 Å². The normalized spacial score (nSPS) is 48.0. The van der Waals surface area contributed by atoms with Gasteiger partial charge in [-0.1, -0.05) is 6.92 Å². The highest BCUT2D eigenvalue weighted by atomic mass is 15.0. The molecule has 2 heteroatoms. The zero-order chi connectivity index (χ0) is 10.4. The summed E-state index contributed by atoms with van der Waals surface area (Å²) in [6.45, 7) is 4.68. The maximum absolute atomic E-state index is 3.80. The van der Waals surface area contributed by atoms with Gasteiger partial charge in [0.25, 0.3) is 0 Å². The summed E-state index contributed by atoms with van der Waals surface area (Å²) in [6.07, 6.45) is 4.64. The Morgan fingerprint density at radius 3 is 2.40 bits per heavy atom. The van der Waals surface area contributed by atoms with Crippen molar-refractivity contribution in [3.63, 3.8) is 0 Å². The predicted molar refractivity (Wildman–Crippen MR) is 62.7 cm³/mol. The van der Waals surface area contributed by atoms with Crippen LogP contribution in [0.5, 0.6) is 0 Å². The van der Waals surface area contributed by atoms with Crippen LogP contribution in [0.2, 0.25) is 0 Å². The number of hydrogen-bond donors (Lipinski definition) is 2. The van der Waals surface area contributed by atoms with Gasteiger partial charge in [-0.3, -0.25) is 0 Å². The lowest BCUT2D eigenvalue weighted by atomic mass is 10.0. The van der Waals surface area contributed by atoms with Crippen LogP contribution in [0.25, 0.3) is 0 Å². The first-order valence-corrected chi connectivity index (χ1v) is 6.69. The Morgan fingerprint density at radius 1 is 1.13 bits per heavy atom. The van der Waals surface area contributed by atoms with Gasteiger partial charge in [-0.05, 0) is 69.0 Å². The molecule has 0 heterocycles. The van der Waals surface area contributed by atoms with Gasteiger partial charge >= 0.3 is 0 Å². The van der Waals surface area contributed by atoms with Gasteiger partial charge in [-0.25, -0.2) is 0 Å². The van der Waals surface area contributed by atoms with Gasteiger partial charge in [0.15, 0.2) is 0 Å². The molecule has 0 spiro atoms. The molecule has 2 nitrogen and oxygen atoms in total. The maximum Gasteiger partial charge on any atom is 0.0136 e. The number of hydrogen-bond acceptors (Lipinski definition) is 2. The van der Waals surface area contributed by atoms with E-state index in [1.165, 1.54) is 19.4 Å². The minimum Gasteiger partial charge on any atom is -0.319 e. The number of fused-ring (bicyclic) bond motifs is 5. The van der Waals surface area contributed by atoms with E-state index in [0.717, 1.165) is 42.2 Å². The smallest absolute Gasteiger partial charge is 0.0136 e. The molecule has 3 fully saturated rings. The second kappa shape index (κ2) is 3.74. The third-order valence-corrected chi connectivity index (χ3v) is 4.99. The fraction of sp³-hybridized carbons (Fsp3) is 1.00. The Bertz CT molecular complexity index is 225. The molecule has 86 valence electrons. The van der Waals surface area contributed by atoms with Crippen molar-refractivity contribution in [2.75, 3.05) is 20.1 Å². The molecule has 0 aromatic rings. The van der Waals surface area contributed by atoms with Gasteiger partial charge in [0.1, 0.15) is 0 Å². The lowest BCUT2D eigenvalue weighted by molar-refractivity contribution is 0.424. The third-order valence-electron chi connectivity index (χ3n) is 4.99. The zero-order valence-corrected chi connectivity index (χ0v) is 10.00. The fourth-order valence-electron chi connectivity index (χ4n) is 4.36. The van der Waals surface area contributed by atoms with E-state index >= 15 is 0 Å². The predicted octanol–water partition coefficient (Wildman–Crippen LogP) is 1.48. The summed E-state index contributed by atoms with van der Waals surface area (Å²) in [5.41, 5.74) is 0. The molecule has 3 saturated carbocycles. The third kappa shape index (κ3) is 1.62. The van der Waals surface area contributed by atoms with E-state index < -0.39 is 0 Å². The van der Waals surface area contributed by atoms with Gasteiger partial charge in [0, 0.05) is 6.04 Å². The van der Waals surface area contributed by atoms with Gasteiger partial charge in [-0.2, -0.15) is 0 Å². The average Bonchev–Trinajstić information content (AvgIpc) is 2.63. The lowest BCUT2D eigenvalue weighted by Gasteiger charge is -2.14. The molecule has 0 radical (unpaired) electrons. The first-order chi connectivity index (χ1) is 7.31. The van der Waals surface area contributed by atoms with Crippen molar-refractivity contribution in [1.29, 1.82) is 0 Å². The van der Waals surface area contributed by atoms with E-state index in [4.69, 9.17) is 0 Å². The van der Waals surface area contributed by atoms with Gasteiger partial charge in [0.2, 0.25) is 0 Å². The van der Waals surface area contributed by atoms with Crippen molar-refractivity contribution in [1.82, 2.24) is 10.6 Å². The van der Waals surface area contributed by atoms with E-state index in [1.54, 1.807) is 6.42 Å². The van der Waals surface area contributed by atoms with E-state index in [1.807, 2.05) is 7.05 Å². The van der Waals surface area contributed by atoms with Crippen LogP contribution in [0, 0.1) is 29.6 Å². The Balaban J connectivity index is 1.44. The molecule has 0 amide bonds. The topological polar surface area (TPSA) is 24.1 Å². The Hall–Kier alpha value is -0.0800. The molecule has 15 heavy (non-hydrogen) atoms. The molecule has 0 saturated heterocycles. The van der Waals surface area contributed by atoms with E-state index in [-0.39, 0.29) is 0 Å². The lowest BCUT2D eigenvalue weighted by Crippen LogP contribution is -2.31. The van der Waals surface area contributed by atoms with Crippen molar-refractivity contribution < 1.29 is 0 Å². The average molecular weight is 208 g/mol. The molecule has 2 bridgehead atoms. The molecule has 0 aromatic carbocycles. The molecular weight excluding hydrogens is 184 g/mol. The van der Waals surface area contributed by atoms with Crippen molar-refractivity contribution in [2.45, 2.75) is 32.2 Å². The van der Waals surface area contributed by atoms with Crippen LogP contribution in [0.3, 0.4) is 0 Å². The maximum atomic E-state index is 3.80.